The van der Waals surface area contributed by atoms with Crippen LogP contribution in [0.25, 0.3) is 11.0 Å². The highest BCUT2D eigenvalue weighted by molar-refractivity contribution is 6.16. The van der Waals surface area contributed by atoms with Gasteiger partial charge < -0.3 is 4.57 Å². The van der Waals surface area contributed by atoms with Crippen LogP contribution in [0.1, 0.15) is 30.3 Å². The Morgan fingerprint density at radius 2 is 2.31 bits per heavy atom. The number of benzene rings is 1. The number of fused-ring (bicyclic) bond motifs is 1. The Bertz CT molecular complexity index is 590. The number of halogens is 1. The highest BCUT2D eigenvalue weighted by Gasteiger charge is 2.27. The van der Waals surface area contributed by atoms with Gasteiger partial charge >= 0.3 is 0 Å². The minimum atomic E-state index is 0.424. The van der Waals surface area contributed by atoms with E-state index in [0.29, 0.717) is 17.5 Å². The molecule has 3 rings (SSSR count). The van der Waals surface area contributed by atoms with Gasteiger partial charge in [-0.15, -0.1) is 11.6 Å². The number of hydrogen-bond acceptors (Lipinski definition) is 2. The van der Waals surface area contributed by atoms with Crippen LogP contribution in [-0.4, -0.2) is 9.55 Å². The van der Waals surface area contributed by atoms with Crippen LogP contribution < -0.4 is 0 Å². The molecule has 0 unspecified atom stereocenters. The lowest BCUT2D eigenvalue weighted by atomic mass is 10.2. The summed E-state index contributed by atoms with van der Waals surface area (Å²) in [6.07, 6.45) is 2.37. The van der Waals surface area contributed by atoms with Crippen molar-refractivity contribution in [2.24, 2.45) is 0 Å². The van der Waals surface area contributed by atoms with Crippen LogP contribution in [0.2, 0.25) is 0 Å². The van der Waals surface area contributed by atoms with Crippen LogP contribution in [-0.2, 0) is 5.88 Å². The van der Waals surface area contributed by atoms with Gasteiger partial charge in [0.1, 0.15) is 5.82 Å². The summed E-state index contributed by atoms with van der Waals surface area (Å²) < 4.78 is 2.18. The molecule has 0 radical (unpaired) electrons. The van der Waals surface area contributed by atoms with Gasteiger partial charge in [-0.3, -0.25) is 0 Å². The number of nitrogens with zero attached hydrogens (tertiary/aromatic N) is 3. The quantitative estimate of drug-likeness (QED) is 0.746. The van der Waals surface area contributed by atoms with Crippen molar-refractivity contribution in [2.45, 2.75) is 24.8 Å². The smallest absolute Gasteiger partial charge is 0.125 e. The van der Waals surface area contributed by atoms with E-state index in [1.807, 2.05) is 12.1 Å². The lowest BCUT2D eigenvalue weighted by molar-refractivity contribution is 0.728. The molecule has 4 heteroatoms. The van der Waals surface area contributed by atoms with E-state index in [1.165, 1.54) is 12.8 Å². The van der Waals surface area contributed by atoms with Gasteiger partial charge in [-0.2, -0.15) is 5.26 Å². The molecule has 1 aromatic carbocycles. The van der Waals surface area contributed by atoms with Crippen LogP contribution in [0.3, 0.4) is 0 Å². The molecule has 3 nitrogen and oxygen atoms in total. The summed E-state index contributed by atoms with van der Waals surface area (Å²) in [5, 5.41) is 8.90. The molecule has 1 aliphatic rings. The summed E-state index contributed by atoms with van der Waals surface area (Å²) in [5.41, 5.74) is 2.65. The van der Waals surface area contributed by atoms with Crippen molar-refractivity contribution >= 4 is 22.6 Å². The van der Waals surface area contributed by atoms with Gasteiger partial charge in [-0.05, 0) is 31.0 Å². The van der Waals surface area contributed by atoms with Crippen molar-refractivity contribution in [1.29, 1.82) is 5.26 Å². The molecule has 80 valence electrons. The minimum absolute atomic E-state index is 0.424. The Hall–Kier alpha value is -1.53. The first kappa shape index (κ1) is 9.68. The van der Waals surface area contributed by atoms with Crippen LogP contribution in [0.5, 0.6) is 0 Å². The van der Waals surface area contributed by atoms with Crippen molar-refractivity contribution in [3.05, 3.63) is 29.6 Å². The number of alkyl halides is 1. The second-order valence-electron chi connectivity index (χ2n) is 4.08. The molecule has 0 N–H and O–H groups in total. The highest BCUT2D eigenvalue weighted by atomic mass is 35.5. The molecule has 1 heterocycles. The van der Waals surface area contributed by atoms with E-state index in [4.69, 9.17) is 16.9 Å². The van der Waals surface area contributed by atoms with E-state index >= 15 is 0 Å². The number of aromatic nitrogens is 2. The van der Waals surface area contributed by atoms with Crippen molar-refractivity contribution in [3.8, 4) is 6.07 Å². The molecular formula is C12H10ClN3. The molecule has 16 heavy (non-hydrogen) atoms. The van der Waals surface area contributed by atoms with E-state index in [1.54, 1.807) is 6.07 Å². The summed E-state index contributed by atoms with van der Waals surface area (Å²) in [7, 11) is 0. The molecule has 0 saturated heterocycles. The Labute approximate surface area is 98.3 Å². The van der Waals surface area contributed by atoms with Crippen LogP contribution in [0.4, 0.5) is 0 Å². The van der Waals surface area contributed by atoms with Gasteiger partial charge in [0.25, 0.3) is 0 Å². The molecule has 0 aliphatic heterocycles. The van der Waals surface area contributed by atoms with Gasteiger partial charge in [-0.1, -0.05) is 0 Å². The maximum absolute atomic E-state index is 8.90. The fourth-order valence-electron chi connectivity index (χ4n) is 2.05. The van der Waals surface area contributed by atoms with Crippen molar-refractivity contribution in [2.75, 3.05) is 0 Å². The maximum Gasteiger partial charge on any atom is 0.125 e. The second kappa shape index (κ2) is 3.50. The number of nitriles is 1. The lowest BCUT2D eigenvalue weighted by Gasteiger charge is -2.04. The first-order valence-corrected chi connectivity index (χ1v) is 5.84. The topological polar surface area (TPSA) is 41.6 Å². The molecule has 0 bridgehead atoms. The zero-order valence-electron chi connectivity index (χ0n) is 8.65. The molecule has 0 atom stereocenters. The third kappa shape index (κ3) is 1.38. The first-order chi connectivity index (χ1) is 7.83. The van der Waals surface area contributed by atoms with E-state index in [2.05, 4.69) is 15.6 Å². The second-order valence-corrected chi connectivity index (χ2v) is 4.35. The average molecular weight is 232 g/mol. The van der Waals surface area contributed by atoms with Gasteiger partial charge in [-0.25, -0.2) is 4.98 Å². The highest BCUT2D eigenvalue weighted by Crippen LogP contribution is 2.39. The maximum atomic E-state index is 8.90. The molecule has 1 fully saturated rings. The molecule has 1 aromatic heterocycles. The zero-order chi connectivity index (χ0) is 11.1. The predicted octanol–water partition coefficient (Wildman–Crippen LogP) is 2.98. The minimum Gasteiger partial charge on any atom is -0.324 e. The molecule has 1 aliphatic carbocycles. The lowest BCUT2D eigenvalue weighted by Crippen LogP contribution is -1.99. The number of rotatable bonds is 2. The van der Waals surface area contributed by atoms with Gasteiger partial charge in [0.15, 0.2) is 0 Å². The van der Waals surface area contributed by atoms with E-state index in [0.717, 1.165) is 16.9 Å². The SMILES string of the molecule is N#Cc1ccc2nc(CCl)n(C3CC3)c2c1. The Balaban J connectivity index is 2.29. The van der Waals surface area contributed by atoms with E-state index < -0.39 is 0 Å². The van der Waals surface area contributed by atoms with Crippen molar-refractivity contribution < 1.29 is 0 Å². The largest absolute Gasteiger partial charge is 0.324 e. The fraction of sp³-hybridized carbons (Fsp3) is 0.333. The summed E-state index contributed by atoms with van der Waals surface area (Å²) in [5.74, 6) is 1.34. The first-order valence-electron chi connectivity index (χ1n) is 5.30. The monoisotopic (exact) mass is 231 g/mol. The predicted molar refractivity (Wildman–Crippen MR) is 62.3 cm³/mol. The summed E-state index contributed by atoms with van der Waals surface area (Å²) in [6, 6.07) is 8.28. The van der Waals surface area contributed by atoms with E-state index in [9.17, 15) is 0 Å². The van der Waals surface area contributed by atoms with Crippen LogP contribution >= 0.6 is 11.6 Å². The summed E-state index contributed by atoms with van der Waals surface area (Å²) in [6.45, 7) is 0. The van der Waals surface area contributed by atoms with Gasteiger partial charge in [0.2, 0.25) is 0 Å². The van der Waals surface area contributed by atoms with Crippen LogP contribution in [0, 0.1) is 11.3 Å². The third-order valence-corrected chi connectivity index (χ3v) is 3.16. The van der Waals surface area contributed by atoms with Gasteiger partial charge in [0, 0.05) is 6.04 Å². The number of hydrogen-bond donors (Lipinski definition) is 0. The van der Waals surface area contributed by atoms with Crippen LogP contribution in [0.15, 0.2) is 18.2 Å². The average Bonchev–Trinajstić information content (AvgIpc) is 3.09. The molecule has 1 saturated carbocycles. The molecule has 0 amide bonds. The molecule has 2 aromatic rings. The normalized spacial score (nSPS) is 15.2. The van der Waals surface area contributed by atoms with E-state index in [-0.39, 0.29) is 0 Å². The van der Waals surface area contributed by atoms with Crippen molar-refractivity contribution in [1.82, 2.24) is 9.55 Å². The summed E-state index contributed by atoms with van der Waals surface area (Å²) in [4.78, 5) is 4.49. The Morgan fingerprint density at radius 3 is 2.94 bits per heavy atom. The zero-order valence-corrected chi connectivity index (χ0v) is 9.41. The van der Waals surface area contributed by atoms with Gasteiger partial charge in [0.05, 0.1) is 28.5 Å². The van der Waals surface area contributed by atoms with Crippen molar-refractivity contribution in [3.63, 3.8) is 0 Å². The summed E-state index contributed by atoms with van der Waals surface area (Å²) >= 11 is 5.90. The molecule has 0 spiro atoms. The number of imidazole rings is 1. The Morgan fingerprint density at radius 1 is 1.50 bits per heavy atom. The third-order valence-electron chi connectivity index (χ3n) is 2.92. The molecular weight excluding hydrogens is 222 g/mol. The fourth-order valence-corrected chi connectivity index (χ4v) is 2.24. The standard InChI is InChI=1S/C12H10ClN3/c13-6-12-15-10-4-1-8(7-14)5-11(10)16(12)9-2-3-9/h1,4-5,9H,2-3,6H2. The Kier molecular flexibility index (Phi) is 2.12.